The molecule has 0 bridgehead atoms. The number of nitrogens with two attached hydrogens (primary N) is 2. The topological polar surface area (TPSA) is 73.6 Å². The van der Waals surface area contributed by atoms with Crippen LogP contribution in [0, 0.1) is 0 Å². The Kier molecular flexibility index (Phi) is 3.13. The molecule has 0 saturated heterocycles. The molecule has 1 rings (SSSR count). The van der Waals surface area contributed by atoms with Crippen molar-refractivity contribution in [3.05, 3.63) is 22.7 Å². The van der Waals surface area contributed by atoms with Crippen molar-refractivity contribution in [3.8, 4) is 5.75 Å². The van der Waals surface area contributed by atoms with E-state index in [0.717, 1.165) is 4.47 Å². The second-order valence-electron chi connectivity index (χ2n) is 2.33. The van der Waals surface area contributed by atoms with Gasteiger partial charge < -0.3 is 16.2 Å². The lowest BCUT2D eigenvalue weighted by molar-refractivity contribution is 0.412. The lowest BCUT2D eigenvalue weighted by Gasteiger charge is -2.04. The van der Waals surface area contributed by atoms with Gasteiger partial charge in [-0.3, -0.25) is 0 Å². The molecule has 0 fully saturated rings. The molecule has 0 aromatic heterocycles. The minimum atomic E-state index is 0.0222. The predicted molar refractivity (Wildman–Crippen MR) is 56.2 cm³/mol. The Balaban J connectivity index is 3.16. The third-order valence-corrected chi connectivity index (χ3v) is 2.21. The van der Waals surface area contributed by atoms with Crippen LogP contribution in [0.5, 0.6) is 5.75 Å². The van der Waals surface area contributed by atoms with E-state index in [1.807, 2.05) is 12.1 Å². The van der Waals surface area contributed by atoms with Crippen LogP contribution in [0.3, 0.4) is 0 Å². The molecule has 0 aliphatic carbocycles. The molecule has 13 heavy (non-hydrogen) atoms. The standard InChI is InChI=1S/C8H10BrN3O/c1-13-6-4-2-3-5(7(6)9)12-8(10)11/h2-4H,1H3,(H4,10,11,12). The van der Waals surface area contributed by atoms with Gasteiger partial charge in [0.05, 0.1) is 17.3 Å². The van der Waals surface area contributed by atoms with Crippen LogP contribution in [0.4, 0.5) is 5.69 Å². The third kappa shape index (κ3) is 2.35. The van der Waals surface area contributed by atoms with Crippen molar-refractivity contribution < 1.29 is 4.74 Å². The third-order valence-electron chi connectivity index (χ3n) is 1.41. The highest BCUT2D eigenvalue weighted by Crippen LogP contribution is 2.33. The Labute approximate surface area is 84.7 Å². The van der Waals surface area contributed by atoms with Gasteiger partial charge in [-0.25, -0.2) is 4.99 Å². The van der Waals surface area contributed by atoms with Crippen molar-refractivity contribution in [1.82, 2.24) is 0 Å². The number of guanidine groups is 1. The normalized spacial score (nSPS) is 9.38. The molecule has 0 unspecified atom stereocenters. The van der Waals surface area contributed by atoms with E-state index in [0.29, 0.717) is 11.4 Å². The highest BCUT2D eigenvalue weighted by Gasteiger charge is 2.04. The first-order valence-corrected chi connectivity index (χ1v) is 4.36. The average molecular weight is 244 g/mol. The number of halogens is 1. The number of ether oxygens (including phenoxy) is 1. The highest BCUT2D eigenvalue weighted by atomic mass is 79.9. The van der Waals surface area contributed by atoms with Gasteiger partial charge in [-0.2, -0.15) is 0 Å². The van der Waals surface area contributed by atoms with Gasteiger partial charge >= 0.3 is 0 Å². The summed E-state index contributed by atoms with van der Waals surface area (Å²) in [6.07, 6.45) is 0. The molecule has 4 N–H and O–H groups in total. The van der Waals surface area contributed by atoms with Crippen molar-refractivity contribution in [1.29, 1.82) is 0 Å². The Morgan fingerprint density at radius 1 is 1.46 bits per heavy atom. The van der Waals surface area contributed by atoms with Gasteiger partial charge in [-0.15, -0.1) is 0 Å². The summed E-state index contributed by atoms with van der Waals surface area (Å²) >= 11 is 3.33. The van der Waals surface area contributed by atoms with E-state index in [1.165, 1.54) is 0 Å². The summed E-state index contributed by atoms with van der Waals surface area (Å²) in [6, 6.07) is 5.41. The summed E-state index contributed by atoms with van der Waals surface area (Å²) < 4.78 is 5.81. The molecule has 5 heteroatoms. The van der Waals surface area contributed by atoms with Crippen LogP contribution in [0.15, 0.2) is 27.7 Å². The zero-order valence-corrected chi connectivity index (χ0v) is 8.71. The monoisotopic (exact) mass is 243 g/mol. The van der Waals surface area contributed by atoms with Crippen molar-refractivity contribution in [2.75, 3.05) is 7.11 Å². The number of rotatable bonds is 2. The smallest absolute Gasteiger partial charge is 0.191 e. The maximum atomic E-state index is 5.25. The van der Waals surface area contributed by atoms with E-state index in [2.05, 4.69) is 20.9 Å². The molecule has 0 heterocycles. The van der Waals surface area contributed by atoms with Crippen LogP contribution >= 0.6 is 15.9 Å². The molecular formula is C8H10BrN3O. The summed E-state index contributed by atoms with van der Waals surface area (Å²) in [6.45, 7) is 0. The Morgan fingerprint density at radius 2 is 2.15 bits per heavy atom. The zero-order chi connectivity index (χ0) is 9.84. The van der Waals surface area contributed by atoms with Gasteiger partial charge in [0.1, 0.15) is 5.75 Å². The van der Waals surface area contributed by atoms with E-state index in [9.17, 15) is 0 Å². The van der Waals surface area contributed by atoms with E-state index < -0.39 is 0 Å². The molecule has 0 atom stereocenters. The van der Waals surface area contributed by atoms with Gasteiger partial charge in [0.2, 0.25) is 0 Å². The quantitative estimate of drug-likeness (QED) is 0.609. The largest absolute Gasteiger partial charge is 0.495 e. The van der Waals surface area contributed by atoms with Gasteiger partial charge in [-0.05, 0) is 28.1 Å². The van der Waals surface area contributed by atoms with Crippen LogP contribution in [-0.2, 0) is 0 Å². The minimum Gasteiger partial charge on any atom is -0.495 e. The van der Waals surface area contributed by atoms with Gasteiger partial charge in [0.25, 0.3) is 0 Å². The van der Waals surface area contributed by atoms with E-state index in [-0.39, 0.29) is 5.96 Å². The summed E-state index contributed by atoms with van der Waals surface area (Å²) in [7, 11) is 1.58. The molecule has 4 nitrogen and oxygen atoms in total. The lowest BCUT2D eigenvalue weighted by atomic mass is 10.3. The predicted octanol–water partition coefficient (Wildman–Crippen LogP) is 1.36. The summed E-state index contributed by atoms with van der Waals surface area (Å²) in [5.41, 5.74) is 11.2. The van der Waals surface area contributed by atoms with E-state index >= 15 is 0 Å². The minimum absolute atomic E-state index is 0.0222. The number of nitrogens with zero attached hydrogens (tertiary/aromatic N) is 1. The van der Waals surface area contributed by atoms with Crippen molar-refractivity contribution in [3.63, 3.8) is 0 Å². The molecule has 0 aliphatic rings. The Morgan fingerprint density at radius 3 is 2.69 bits per heavy atom. The molecule has 0 aliphatic heterocycles. The van der Waals surface area contributed by atoms with E-state index in [4.69, 9.17) is 16.2 Å². The molecule has 0 saturated carbocycles. The Hall–Kier alpha value is -1.23. The molecular weight excluding hydrogens is 234 g/mol. The van der Waals surface area contributed by atoms with Crippen molar-refractivity contribution in [2.24, 2.45) is 16.5 Å². The maximum Gasteiger partial charge on any atom is 0.191 e. The fourth-order valence-corrected chi connectivity index (χ4v) is 1.40. The summed E-state index contributed by atoms with van der Waals surface area (Å²) in [5.74, 6) is 0.719. The molecule has 0 amide bonds. The van der Waals surface area contributed by atoms with Crippen LogP contribution in [0.2, 0.25) is 0 Å². The number of methoxy groups -OCH3 is 1. The molecule has 0 spiro atoms. The fraction of sp³-hybridized carbons (Fsp3) is 0.125. The molecule has 1 aromatic carbocycles. The first-order chi connectivity index (χ1) is 6.15. The van der Waals surface area contributed by atoms with Crippen LogP contribution < -0.4 is 16.2 Å². The number of benzene rings is 1. The SMILES string of the molecule is COc1cccc(N=C(N)N)c1Br. The molecule has 70 valence electrons. The average Bonchev–Trinajstić information content (AvgIpc) is 2.08. The number of hydrogen-bond donors (Lipinski definition) is 2. The molecule has 1 aromatic rings. The van der Waals surface area contributed by atoms with Crippen LogP contribution in [0.1, 0.15) is 0 Å². The van der Waals surface area contributed by atoms with Gasteiger partial charge in [0.15, 0.2) is 5.96 Å². The lowest BCUT2D eigenvalue weighted by Crippen LogP contribution is -2.21. The first kappa shape index (κ1) is 9.85. The second kappa shape index (κ2) is 4.13. The first-order valence-electron chi connectivity index (χ1n) is 3.57. The van der Waals surface area contributed by atoms with Gasteiger partial charge in [0, 0.05) is 0 Å². The number of hydrogen-bond acceptors (Lipinski definition) is 2. The summed E-state index contributed by atoms with van der Waals surface area (Å²) in [5, 5.41) is 0. The fourth-order valence-electron chi connectivity index (χ4n) is 0.882. The molecule has 0 radical (unpaired) electrons. The van der Waals surface area contributed by atoms with Crippen LogP contribution in [0.25, 0.3) is 0 Å². The van der Waals surface area contributed by atoms with E-state index in [1.54, 1.807) is 13.2 Å². The second-order valence-corrected chi connectivity index (χ2v) is 3.12. The highest BCUT2D eigenvalue weighted by molar-refractivity contribution is 9.10. The van der Waals surface area contributed by atoms with Crippen LogP contribution in [-0.4, -0.2) is 13.1 Å². The number of aliphatic imine (C=N–C) groups is 1. The van der Waals surface area contributed by atoms with Crippen molar-refractivity contribution in [2.45, 2.75) is 0 Å². The summed E-state index contributed by atoms with van der Waals surface area (Å²) in [4.78, 5) is 3.91. The maximum absolute atomic E-state index is 5.25. The Bertz CT molecular complexity index is 334. The zero-order valence-electron chi connectivity index (χ0n) is 7.12. The van der Waals surface area contributed by atoms with Crippen molar-refractivity contribution >= 4 is 27.6 Å². The van der Waals surface area contributed by atoms with Gasteiger partial charge in [-0.1, -0.05) is 6.07 Å².